The molecule has 2 heterocycles. The van der Waals surface area contributed by atoms with Crippen LogP contribution in [0.5, 0.6) is 0 Å². The first kappa shape index (κ1) is 8.83. The van der Waals surface area contributed by atoms with Crippen molar-refractivity contribution in [2.75, 3.05) is 0 Å². The first-order valence-corrected chi connectivity index (χ1v) is 4.32. The molecule has 0 atom stereocenters. The molecule has 2 aromatic heterocycles. The molecule has 0 aromatic carbocycles. The maximum atomic E-state index is 5.59. The maximum Gasteiger partial charge on any atom is 0.145 e. The summed E-state index contributed by atoms with van der Waals surface area (Å²) in [5.74, 6) is 1.69. The minimum Gasteiger partial charge on any atom is -0.326 e. The van der Waals surface area contributed by atoms with E-state index in [1.807, 2.05) is 17.7 Å². The van der Waals surface area contributed by atoms with Gasteiger partial charge in [0.2, 0.25) is 0 Å². The van der Waals surface area contributed by atoms with Crippen LogP contribution in [0.4, 0.5) is 0 Å². The fourth-order valence-electron chi connectivity index (χ4n) is 1.31. The van der Waals surface area contributed by atoms with Crippen molar-refractivity contribution < 1.29 is 0 Å². The molecule has 14 heavy (non-hydrogen) atoms. The third kappa shape index (κ3) is 1.38. The summed E-state index contributed by atoms with van der Waals surface area (Å²) in [5, 5.41) is 0. The van der Waals surface area contributed by atoms with E-state index < -0.39 is 0 Å². The molecule has 0 bridgehead atoms. The SMILES string of the molecule is Cc1nccn1-c1ncncc1CN. The number of rotatable bonds is 2. The van der Waals surface area contributed by atoms with Gasteiger partial charge in [-0.15, -0.1) is 0 Å². The molecule has 0 amide bonds. The molecular formula is C9H11N5. The Labute approximate surface area is 81.6 Å². The quantitative estimate of drug-likeness (QED) is 0.743. The number of imidazole rings is 1. The highest BCUT2D eigenvalue weighted by molar-refractivity contribution is 5.32. The topological polar surface area (TPSA) is 69.6 Å². The Morgan fingerprint density at radius 1 is 1.43 bits per heavy atom. The number of aryl methyl sites for hydroxylation is 1. The molecule has 72 valence electrons. The first-order chi connectivity index (χ1) is 6.83. The summed E-state index contributed by atoms with van der Waals surface area (Å²) >= 11 is 0. The summed E-state index contributed by atoms with van der Waals surface area (Å²) in [5.41, 5.74) is 6.50. The van der Waals surface area contributed by atoms with Crippen LogP contribution in [0.2, 0.25) is 0 Å². The van der Waals surface area contributed by atoms with Gasteiger partial charge in [-0.3, -0.25) is 4.57 Å². The van der Waals surface area contributed by atoms with Crippen molar-refractivity contribution in [1.82, 2.24) is 19.5 Å². The van der Waals surface area contributed by atoms with Crippen molar-refractivity contribution >= 4 is 0 Å². The van der Waals surface area contributed by atoms with Crippen LogP contribution < -0.4 is 5.73 Å². The molecule has 2 N–H and O–H groups in total. The third-order valence-electron chi connectivity index (χ3n) is 2.04. The molecule has 0 saturated carbocycles. The normalized spacial score (nSPS) is 10.4. The average molecular weight is 189 g/mol. The largest absolute Gasteiger partial charge is 0.326 e. The highest BCUT2D eigenvalue weighted by Gasteiger charge is 2.06. The molecule has 0 saturated heterocycles. The van der Waals surface area contributed by atoms with E-state index >= 15 is 0 Å². The van der Waals surface area contributed by atoms with Crippen molar-refractivity contribution in [2.24, 2.45) is 5.73 Å². The summed E-state index contributed by atoms with van der Waals surface area (Å²) in [6, 6.07) is 0. The molecule has 2 aromatic rings. The lowest BCUT2D eigenvalue weighted by Gasteiger charge is -2.07. The van der Waals surface area contributed by atoms with Gasteiger partial charge in [0, 0.05) is 30.7 Å². The van der Waals surface area contributed by atoms with Gasteiger partial charge >= 0.3 is 0 Å². The molecule has 5 nitrogen and oxygen atoms in total. The van der Waals surface area contributed by atoms with Crippen LogP contribution in [0.25, 0.3) is 5.82 Å². The molecule has 0 radical (unpaired) electrons. The van der Waals surface area contributed by atoms with Crippen LogP contribution in [-0.4, -0.2) is 19.5 Å². The minimum atomic E-state index is 0.424. The zero-order chi connectivity index (χ0) is 9.97. The monoisotopic (exact) mass is 189 g/mol. The summed E-state index contributed by atoms with van der Waals surface area (Å²) in [6.45, 7) is 2.34. The Morgan fingerprint density at radius 3 is 2.93 bits per heavy atom. The summed E-state index contributed by atoms with van der Waals surface area (Å²) in [7, 11) is 0. The van der Waals surface area contributed by atoms with Crippen LogP contribution in [0.1, 0.15) is 11.4 Å². The second-order valence-electron chi connectivity index (χ2n) is 2.92. The summed E-state index contributed by atoms with van der Waals surface area (Å²) in [6.07, 6.45) is 6.82. The van der Waals surface area contributed by atoms with E-state index in [1.54, 1.807) is 12.4 Å². The smallest absolute Gasteiger partial charge is 0.145 e. The van der Waals surface area contributed by atoms with Gasteiger partial charge in [-0.25, -0.2) is 15.0 Å². The van der Waals surface area contributed by atoms with E-state index in [-0.39, 0.29) is 0 Å². The van der Waals surface area contributed by atoms with Gasteiger partial charge < -0.3 is 5.73 Å². The summed E-state index contributed by atoms with van der Waals surface area (Å²) in [4.78, 5) is 12.2. The Hall–Kier alpha value is -1.75. The third-order valence-corrected chi connectivity index (χ3v) is 2.04. The molecule has 0 aliphatic heterocycles. The van der Waals surface area contributed by atoms with E-state index in [9.17, 15) is 0 Å². The van der Waals surface area contributed by atoms with Gasteiger partial charge in [-0.2, -0.15) is 0 Å². The fourth-order valence-corrected chi connectivity index (χ4v) is 1.31. The Bertz CT molecular complexity index is 434. The zero-order valence-corrected chi connectivity index (χ0v) is 7.88. The number of nitrogens with zero attached hydrogens (tertiary/aromatic N) is 4. The van der Waals surface area contributed by atoms with E-state index in [0.29, 0.717) is 6.54 Å². The van der Waals surface area contributed by atoms with Gasteiger partial charge in [0.15, 0.2) is 0 Å². The number of hydrogen-bond donors (Lipinski definition) is 1. The number of hydrogen-bond acceptors (Lipinski definition) is 4. The van der Waals surface area contributed by atoms with Crippen LogP contribution in [0.3, 0.4) is 0 Å². The Balaban J connectivity index is 2.56. The van der Waals surface area contributed by atoms with Crippen LogP contribution >= 0.6 is 0 Å². The van der Waals surface area contributed by atoms with Crippen LogP contribution in [-0.2, 0) is 6.54 Å². The zero-order valence-electron chi connectivity index (χ0n) is 7.88. The van der Waals surface area contributed by atoms with E-state index in [1.165, 1.54) is 6.33 Å². The van der Waals surface area contributed by atoms with Gasteiger partial charge in [0.25, 0.3) is 0 Å². The van der Waals surface area contributed by atoms with Crippen LogP contribution in [0, 0.1) is 6.92 Å². The number of aromatic nitrogens is 4. The molecule has 0 aliphatic rings. The van der Waals surface area contributed by atoms with Gasteiger partial charge in [0.05, 0.1) is 0 Å². The Morgan fingerprint density at radius 2 is 2.29 bits per heavy atom. The van der Waals surface area contributed by atoms with Crippen molar-refractivity contribution in [3.63, 3.8) is 0 Å². The van der Waals surface area contributed by atoms with Gasteiger partial charge in [-0.05, 0) is 6.92 Å². The lowest BCUT2D eigenvalue weighted by molar-refractivity contribution is 0.877. The van der Waals surface area contributed by atoms with E-state index in [2.05, 4.69) is 15.0 Å². The highest BCUT2D eigenvalue weighted by atomic mass is 15.1. The molecule has 5 heteroatoms. The number of nitrogens with two attached hydrogens (primary N) is 1. The molecule has 0 aliphatic carbocycles. The molecule has 0 fully saturated rings. The standard InChI is InChI=1S/C9H11N5/c1-7-12-2-3-14(7)9-8(4-10)5-11-6-13-9/h2-3,5-6H,4,10H2,1H3. The molecule has 2 rings (SSSR count). The lowest BCUT2D eigenvalue weighted by Crippen LogP contribution is -2.07. The lowest BCUT2D eigenvalue weighted by atomic mass is 10.3. The van der Waals surface area contributed by atoms with Crippen molar-refractivity contribution in [2.45, 2.75) is 13.5 Å². The molecule has 0 unspecified atom stereocenters. The molecular weight excluding hydrogens is 178 g/mol. The first-order valence-electron chi connectivity index (χ1n) is 4.32. The van der Waals surface area contributed by atoms with E-state index in [0.717, 1.165) is 17.2 Å². The van der Waals surface area contributed by atoms with Crippen molar-refractivity contribution in [3.8, 4) is 5.82 Å². The van der Waals surface area contributed by atoms with Crippen LogP contribution in [0.15, 0.2) is 24.9 Å². The Kier molecular flexibility index (Phi) is 2.24. The second-order valence-corrected chi connectivity index (χ2v) is 2.92. The van der Waals surface area contributed by atoms with Gasteiger partial charge in [-0.1, -0.05) is 0 Å². The minimum absolute atomic E-state index is 0.424. The van der Waals surface area contributed by atoms with Gasteiger partial charge in [0.1, 0.15) is 18.0 Å². The predicted molar refractivity (Wildman–Crippen MR) is 51.8 cm³/mol. The second kappa shape index (κ2) is 3.55. The van der Waals surface area contributed by atoms with Crippen molar-refractivity contribution in [3.05, 3.63) is 36.3 Å². The van der Waals surface area contributed by atoms with E-state index in [4.69, 9.17) is 5.73 Å². The van der Waals surface area contributed by atoms with Crippen molar-refractivity contribution in [1.29, 1.82) is 0 Å². The molecule has 0 spiro atoms. The predicted octanol–water partition coefficient (Wildman–Crippen LogP) is 0.429. The maximum absolute atomic E-state index is 5.59. The highest BCUT2D eigenvalue weighted by Crippen LogP contribution is 2.10. The average Bonchev–Trinajstić information content (AvgIpc) is 2.64. The summed E-state index contributed by atoms with van der Waals surface area (Å²) < 4.78 is 1.89. The fraction of sp³-hybridized carbons (Fsp3) is 0.222.